The summed E-state index contributed by atoms with van der Waals surface area (Å²) in [5, 5.41) is 3.94. The number of hydrogen-bond donors (Lipinski definition) is 1. The maximum absolute atomic E-state index is 6.27. The van der Waals surface area contributed by atoms with Gasteiger partial charge in [-0.2, -0.15) is 0 Å². The van der Waals surface area contributed by atoms with Crippen LogP contribution in [0.4, 0.5) is 11.4 Å². The zero-order chi connectivity index (χ0) is 18.8. The molecule has 0 amide bonds. The average Bonchev–Trinajstić information content (AvgIpc) is 2.96. The third-order valence-electron chi connectivity index (χ3n) is 4.15. The molecule has 5 nitrogen and oxygen atoms in total. The maximum atomic E-state index is 6.27. The van der Waals surface area contributed by atoms with Gasteiger partial charge in [0.2, 0.25) is 0 Å². The van der Waals surface area contributed by atoms with Crippen molar-refractivity contribution in [3.05, 3.63) is 40.8 Å². The molecule has 138 valence electrons. The molecule has 2 heterocycles. The van der Waals surface area contributed by atoms with E-state index in [9.17, 15) is 0 Å². The van der Waals surface area contributed by atoms with Crippen LogP contribution in [0.2, 0.25) is 5.15 Å². The first-order chi connectivity index (χ1) is 12.5. The number of imidazole rings is 1. The van der Waals surface area contributed by atoms with Gasteiger partial charge < -0.3 is 10.1 Å². The number of ether oxygens (including phenoxy) is 1. The first kappa shape index (κ1) is 20.1. The van der Waals surface area contributed by atoms with Crippen LogP contribution in [0.1, 0.15) is 24.4 Å². The molecule has 9 heteroatoms. The number of pyridine rings is 1. The predicted molar refractivity (Wildman–Crippen MR) is 122 cm³/mol. The number of nitrogens with one attached hydrogen (secondary N) is 1. The van der Waals surface area contributed by atoms with Gasteiger partial charge in [0.25, 0.3) is 0 Å². The molecular weight excluding hydrogens is 502 g/mol. The van der Waals surface area contributed by atoms with Gasteiger partial charge in [0.15, 0.2) is 5.65 Å². The number of fused-ring (bicyclic) bond motifs is 1. The van der Waals surface area contributed by atoms with Gasteiger partial charge in [0.05, 0.1) is 23.9 Å². The Morgan fingerprint density at radius 3 is 2.73 bits per heavy atom. The fraction of sp³-hybridized carbons (Fsp3) is 0.294. The van der Waals surface area contributed by atoms with E-state index < -0.39 is 0 Å². The largest absolute Gasteiger partial charge is 0.377 e. The maximum Gasteiger partial charge on any atom is 0.167 e. The molecule has 2 atom stereocenters. The van der Waals surface area contributed by atoms with Gasteiger partial charge in [0, 0.05) is 18.1 Å². The molecule has 0 radical (unpaired) electrons. The smallest absolute Gasteiger partial charge is 0.167 e. The van der Waals surface area contributed by atoms with Crippen LogP contribution in [-0.4, -0.2) is 27.7 Å². The summed E-state index contributed by atoms with van der Waals surface area (Å²) < 4.78 is 7.50. The minimum Gasteiger partial charge on any atom is -0.377 e. The number of aryl methyl sites for hydroxylation is 1. The predicted octanol–water partition coefficient (Wildman–Crippen LogP) is 6.36. The third kappa shape index (κ3) is 3.97. The summed E-state index contributed by atoms with van der Waals surface area (Å²) in [6.07, 6.45) is 2.64. The van der Waals surface area contributed by atoms with Crippen molar-refractivity contribution in [3.63, 3.8) is 0 Å². The van der Waals surface area contributed by atoms with E-state index in [4.69, 9.17) is 21.3 Å². The van der Waals surface area contributed by atoms with E-state index in [1.807, 2.05) is 19.9 Å². The molecule has 3 aromatic rings. The van der Waals surface area contributed by atoms with E-state index in [1.165, 1.54) is 0 Å². The highest BCUT2D eigenvalue weighted by molar-refractivity contribution is 14.2. The third-order valence-corrected chi connectivity index (χ3v) is 7.28. The van der Waals surface area contributed by atoms with Crippen molar-refractivity contribution >= 4 is 74.3 Å². The Balaban J connectivity index is 2.06. The molecule has 0 bridgehead atoms. The van der Waals surface area contributed by atoms with Crippen molar-refractivity contribution in [1.29, 1.82) is 0 Å². The van der Waals surface area contributed by atoms with Crippen LogP contribution in [-0.2, 0) is 4.74 Å². The van der Waals surface area contributed by atoms with Crippen molar-refractivity contribution in [2.45, 2.75) is 24.8 Å². The number of nitrogens with zero attached hydrogens (tertiary/aromatic N) is 3. The second-order valence-electron chi connectivity index (χ2n) is 5.71. The molecule has 0 aliphatic carbocycles. The van der Waals surface area contributed by atoms with Crippen LogP contribution in [0.15, 0.2) is 29.2 Å². The molecule has 26 heavy (non-hydrogen) atoms. The van der Waals surface area contributed by atoms with Crippen molar-refractivity contribution in [2.24, 2.45) is 0 Å². The second kappa shape index (κ2) is 8.61. The van der Waals surface area contributed by atoms with E-state index >= 15 is 0 Å². The Morgan fingerprint density at radius 2 is 2.08 bits per heavy atom. The molecule has 1 aromatic carbocycles. The zero-order valence-corrected chi connectivity index (χ0v) is 19.5. The molecule has 0 saturated carbocycles. The summed E-state index contributed by atoms with van der Waals surface area (Å²) in [6.45, 7) is 4.03. The summed E-state index contributed by atoms with van der Waals surface area (Å²) in [5.41, 5.74) is 4.65. The van der Waals surface area contributed by atoms with E-state index in [-0.39, 0.29) is 6.10 Å². The van der Waals surface area contributed by atoms with E-state index in [0.717, 1.165) is 38.8 Å². The van der Waals surface area contributed by atoms with E-state index in [0.29, 0.717) is 11.5 Å². The lowest BCUT2D eigenvalue weighted by atomic mass is 10.1. The summed E-state index contributed by atoms with van der Waals surface area (Å²) in [5.74, 6) is 0.930. The lowest BCUT2D eigenvalue weighted by Gasteiger charge is -2.15. The van der Waals surface area contributed by atoms with Crippen LogP contribution in [0, 0.1) is 6.92 Å². The monoisotopic (exact) mass is 520 g/mol. The standard InChI is InChI=1S/C17H19ClIN4OPS/c1-9(24-3)11-5-6-12(14(7-11)26-4)21-13-8-15(18)22-17-16(13)20-10(2)23(17)25-19/h5-9,25H,1-4H3,(H,21,22). The Kier molecular flexibility index (Phi) is 6.67. The highest BCUT2D eigenvalue weighted by Gasteiger charge is 2.15. The highest BCUT2D eigenvalue weighted by atomic mass is 127. The Hall–Kier alpha value is -0.600. The number of anilines is 2. The molecule has 3 rings (SSSR count). The van der Waals surface area contributed by atoms with Crippen LogP contribution in [0.25, 0.3) is 11.2 Å². The molecule has 0 aliphatic rings. The normalized spacial score (nSPS) is 13.0. The molecule has 1 N–H and O–H groups in total. The number of rotatable bonds is 6. The van der Waals surface area contributed by atoms with Crippen molar-refractivity contribution in [2.75, 3.05) is 18.7 Å². The molecule has 0 aliphatic heterocycles. The van der Waals surface area contributed by atoms with Crippen LogP contribution in [0.5, 0.6) is 0 Å². The number of thioether (sulfide) groups is 1. The Bertz CT molecular complexity index is 952. The topological polar surface area (TPSA) is 52.0 Å². The quantitative estimate of drug-likeness (QED) is 0.177. The number of aromatic nitrogens is 3. The number of methoxy groups -OCH3 is 1. The van der Waals surface area contributed by atoms with Gasteiger partial charge in [0.1, 0.15) is 16.5 Å². The van der Waals surface area contributed by atoms with Crippen LogP contribution in [0.3, 0.4) is 0 Å². The van der Waals surface area contributed by atoms with E-state index in [2.05, 4.69) is 61.1 Å². The minimum atomic E-state index is 0.0556. The average molecular weight is 521 g/mol. The van der Waals surface area contributed by atoms with Gasteiger partial charge in [-0.1, -0.05) is 17.7 Å². The number of halogens is 2. The van der Waals surface area contributed by atoms with Gasteiger partial charge in [-0.15, -0.1) is 11.8 Å². The molecule has 0 spiro atoms. The van der Waals surface area contributed by atoms with Gasteiger partial charge in [-0.25, -0.2) is 9.97 Å². The first-order valence-electron chi connectivity index (χ1n) is 7.88. The van der Waals surface area contributed by atoms with Gasteiger partial charge >= 0.3 is 0 Å². The summed E-state index contributed by atoms with van der Waals surface area (Å²) in [6, 6.07) is 8.12. The first-order valence-corrected chi connectivity index (χ1v) is 13.5. The summed E-state index contributed by atoms with van der Waals surface area (Å²) in [4.78, 5) is 10.3. The van der Waals surface area contributed by atoms with Crippen molar-refractivity contribution in [3.8, 4) is 0 Å². The molecule has 0 fully saturated rings. The van der Waals surface area contributed by atoms with Gasteiger partial charge in [-0.3, -0.25) is 4.34 Å². The number of benzene rings is 1. The van der Waals surface area contributed by atoms with Crippen LogP contribution >= 0.6 is 51.8 Å². The summed E-state index contributed by atoms with van der Waals surface area (Å²) >= 11 is 10.3. The zero-order valence-electron chi connectivity index (χ0n) is 14.8. The van der Waals surface area contributed by atoms with Gasteiger partial charge in [-0.05, 0) is 59.8 Å². The lowest BCUT2D eigenvalue weighted by molar-refractivity contribution is 0.119. The van der Waals surface area contributed by atoms with Crippen LogP contribution < -0.4 is 5.32 Å². The Morgan fingerprint density at radius 1 is 1.31 bits per heavy atom. The SMILES string of the molecule is COC(C)c1ccc(Nc2cc(Cl)nc3c2nc(C)n3PI)c(SC)c1. The lowest BCUT2D eigenvalue weighted by Crippen LogP contribution is -1.99. The highest BCUT2D eigenvalue weighted by Crippen LogP contribution is 2.37. The molecule has 2 aromatic heterocycles. The van der Waals surface area contributed by atoms with Crippen molar-refractivity contribution in [1.82, 2.24) is 14.3 Å². The number of hydrogen-bond acceptors (Lipinski definition) is 5. The minimum absolute atomic E-state index is 0.0556. The molecular formula is C17H19ClIN4OPS. The fourth-order valence-electron chi connectivity index (χ4n) is 2.67. The second-order valence-corrected chi connectivity index (χ2v) is 9.01. The fourth-order valence-corrected chi connectivity index (χ4v) is 5.59. The summed E-state index contributed by atoms with van der Waals surface area (Å²) in [7, 11) is 1.72. The van der Waals surface area contributed by atoms with Crippen molar-refractivity contribution < 1.29 is 4.74 Å². The Labute approximate surface area is 177 Å². The molecule has 2 unspecified atom stereocenters. The van der Waals surface area contributed by atoms with E-state index in [1.54, 1.807) is 18.9 Å². The molecule has 0 saturated heterocycles.